The molecule has 1 aromatic rings. The number of rotatable bonds is 6. The molecular formula is C11H19N3O2. The summed E-state index contributed by atoms with van der Waals surface area (Å²) in [6.07, 6.45) is 0.898. The first-order valence-electron chi connectivity index (χ1n) is 5.23. The highest BCUT2D eigenvalue weighted by Crippen LogP contribution is 2.20. The smallest absolute Gasteiger partial charge is 0.215 e. The van der Waals surface area contributed by atoms with Gasteiger partial charge in [0.25, 0.3) is 0 Å². The van der Waals surface area contributed by atoms with Gasteiger partial charge in [-0.15, -0.1) is 0 Å². The zero-order valence-electron chi connectivity index (χ0n) is 9.99. The van der Waals surface area contributed by atoms with Crippen molar-refractivity contribution in [2.24, 2.45) is 0 Å². The molecule has 1 atom stereocenters. The van der Waals surface area contributed by atoms with Gasteiger partial charge in [-0.1, -0.05) is 0 Å². The number of aromatic nitrogens is 1. The van der Waals surface area contributed by atoms with Gasteiger partial charge in [0.2, 0.25) is 5.88 Å². The Morgan fingerprint density at radius 3 is 2.81 bits per heavy atom. The first-order valence-corrected chi connectivity index (χ1v) is 5.23. The maximum absolute atomic E-state index is 5.81. The standard InChI is InChI=1S/C11H19N3O2/c1-8(6-7-15-2)13-11-9(12)4-5-10(14-11)16-3/h4-5,8H,6-7,12H2,1-3H3,(H,13,14). The molecule has 5 nitrogen and oxygen atoms in total. The SMILES string of the molecule is COCCC(C)Nc1nc(OC)ccc1N. The Morgan fingerprint density at radius 2 is 2.19 bits per heavy atom. The minimum absolute atomic E-state index is 0.252. The van der Waals surface area contributed by atoms with Gasteiger partial charge >= 0.3 is 0 Å². The number of nitrogen functional groups attached to an aromatic ring is 1. The first-order chi connectivity index (χ1) is 7.67. The van der Waals surface area contributed by atoms with E-state index in [1.165, 1.54) is 0 Å². The molecule has 3 N–H and O–H groups in total. The van der Waals surface area contributed by atoms with Crippen LogP contribution in [0.15, 0.2) is 12.1 Å². The minimum atomic E-state index is 0.252. The van der Waals surface area contributed by atoms with E-state index >= 15 is 0 Å². The second kappa shape index (κ2) is 6.17. The maximum atomic E-state index is 5.81. The van der Waals surface area contributed by atoms with Crippen molar-refractivity contribution in [3.63, 3.8) is 0 Å². The molecule has 1 aromatic heterocycles. The van der Waals surface area contributed by atoms with Crippen LogP contribution in [0.5, 0.6) is 5.88 Å². The number of anilines is 2. The van der Waals surface area contributed by atoms with E-state index in [0.29, 0.717) is 24.0 Å². The van der Waals surface area contributed by atoms with Crippen molar-refractivity contribution in [2.75, 3.05) is 31.9 Å². The minimum Gasteiger partial charge on any atom is -0.481 e. The zero-order chi connectivity index (χ0) is 12.0. The molecule has 0 fully saturated rings. The third-order valence-electron chi connectivity index (χ3n) is 2.25. The van der Waals surface area contributed by atoms with Crippen molar-refractivity contribution in [1.29, 1.82) is 0 Å². The second-order valence-corrected chi connectivity index (χ2v) is 3.62. The summed E-state index contributed by atoms with van der Waals surface area (Å²) in [5.41, 5.74) is 6.43. The van der Waals surface area contributed by atoms with Gasteiger partial charge in [-0.05, 0) is 19.4 Å². The number of nitrogens with one attached hydrogen (secondary N) is 1. The lowest BCUT2D eigenvalue weighted by Crippen LogP contribution is -2.19. The van der Waals surface area contributed by atoms with Gasteiger partial charge in [0.05, 0.1) is 12.8 Å². The van der Waals surface area contributed by atoms with Crippen LogP contribution >= 0.6 is 0 Å². The van der Waals surface area contributed by atoms with Crippen LogP contribution in [0.4, 0.5) is 11.5 Å². The molecule has 0 aliphatic heterocycles. The third-order valence-corrected chi connectivity index (χ3v) is 2.25. The summed E-state index contributed by atoms with van der Waals surface area (Å²) in [5.74, 6) is 1.21. The Kier molecular flexibility index (Phi) is 4.85. The van der Waals surface area contributed by atoms with Crippen molar-refractivity contribution in [2.45, 2.75) is 19.4 Å². The molecule has 0 saturated heterocycles. The Bertz CT molecular complexity index is 331. The number of nitrogens with zero attached hydrogens (tertiary/aromatic N) is 1. The lowest BCUT2D eigenvalue weighted by atomic mass is 10.2. The van der Waals surface area contributed by atoms with Crippen molar-refractivity contribution in [3.8, 4) is 5.88 Å². The summed E-state index contributed by atoms with van der Waals surface area (Å²) in [6.45, 7) is 2.76. The molecule has 0 aromatic carbocycles. The molecule has 0 amide bonds. The molecule has 0 radical (unpaired) electrons. The summed E-state index contributed by atoms with van der Waals surface area (Å²) in [5, 5.41) is 3.22. The fourth-order valence-electron chi connectivity index (χ4n) is 1.28. The van der Waals surface area contributed by atoms with Crippen LogP contribution < -0.4 is 15.8 Å². The van der Waals surface area contributed by atoms with Gasteiger partial charge in [0.1, 0.15) is 0 Å². The predicted octanol–water partition coefficient (Wildman–Crippen LogP) is 1.51. The maximum Gasteiger partial charge on any atom is 0.215 e. The normalized spacial score (nSPS) is 12.2. The third kappa shape index (κ3) is 3.58. The van der Waals surface area contributed by atoms with Crippen LogP contribution in [0.3, 0.4) is 0 Å². The van der Waals surface area contributed by atoms with E-state index < -0.39 is 0 Å². The highest BCUT2D eigenvalue weighted by molar-refractivity contribution is 5.62. The number of nitrogens with two attached hydrogens (primary N) is 1. The van der Waals surface area contributed by atoms with Crippen molar-refractivity contribution < 1.29 is 9.47 Å². The fourth-order valence-corrected chi connectivity index (χ4v) is 1.28. The molecule has 1 unspecified atom stereocenters. The lowest BCUT2D eigenvalue weighted by molar-refractivity contribution is 0.191. The van der Waals surface area contributed by atoms with E-state index in [4.69, 9.17) is 15.2 Å². The topological polar surface area (TPSA) is 69.4 Å². The first kappa shape index (κ1) is 12.6. The number of hydrogen-bond donors (Lipinski definition) is 2. The molecule has 5 heteroatoms. The lowest BCUT2D eigenvalue weighted by Gasteiger charge is -2.15. The average molecular weight is 225 g/mol. The molecule has 90 valence electrons. The summed E-state index contributed by atoms with van der Waals surface area (Å²) < 4.78 is 10.1. The molecule has 1 rings (SSSR count). The van der Waals surface area contributed by atoms with Gasteiger partial charge < -0.3 is 20.5 Å². The van der Waals surface area contributed by atoms with E-state index in [0.717, 1.165) is 6.42 Å². The molecule has 0 aliphatic carbocycles. The van der Waals surface area contributed by atoms with Crippen LogP contribution in [0.25, 0.3) is 0 Å². The summed E-state index contributed by atoms with van der Waals surface area (Å²) in [6, 6.07) is 3.76. The van der Waals surface area contributed by atoms with Crippen molar-refractivity contribution >= 4 is 11.5 Å². The molecule has 0 aliphatic rings. The van der Waals surface area contributed by atoms with Gasteiger partial charge in [-0.2, -0.15) is 4.98 Å². The van der Waals surface area contributed by atoms with Gasteiger partial charge in [0.15, 0.2) is 5.82 Å². The van der Waals surface area contributed by atoms with Crippen LogP contribution in [-0.4, -0.2) is 31.9 Å². The molecule has 16 heavy (non-hydrogen) atoms. The Morgan fingerprint density at radius 1 is 1.44 bits per heavy atom. The van der Waals surface area contributed by atoms with Gasteiger partial charge in [-0.3, -0.25) is 0 Å². The fraction of sp³-hybridized carbons (Fsp3) is 0.545. The monoisotopic (exact) mass is 225 g/mol. The quantitative estimate of drug-likeness (QED) is 0.768. The van der Waals surface area contributed by atoms with E-state index in [1.54, 1.807) is 26.4 Å². The Hall–Kier alpha value is -1.49. The average Bonchev–Trinajstić information content (AvgIpc) is 2.29. The molecular weight excluding hydrogens is 206 g/mol. The predicted molar refractivity (Wildman–Crippen MR) is 64.8 cm³/mol. The summed E-state index contributed by atoms with van der Waals surface area (Å²) in [4.78, 5) is 4.24. The molecule has 0 spiro atoms. The number of hydrogen-bond acceptors (Lipinski definition) is 5. The number of methoxy groups -OCH3 is 2. The van der Waals surface area contributed by atoms with E-state index in [-0.39, 0.29) is 6.04 Å². The van der Waals surface area contributed by atoms with Crippen molar-refractivity contribution in [1.82, 2.24) is 4.98 Å². The van der Waals surface area contributed by atoms with E-state index in [2.05, 4.69) is 17.2 Å². The number of ether oxygens (including phenoxy) is 2. The van der Waals surface area contributed by atoms with Crippen LogP contribution in [0.1, 0.15) is 13.3 Å². The van der Waals surface area contributed by atoms with Crippen LogP contribution in [0, 0.1) is 0 Å². The number of pyridine rings is 1. The van der Waals surface area contributed by atoms with Crippen molar-refractivity contribution in [3.05, 3.63) is 12.1 Å². The Balaban J connectivity index is 2.64. The van der Waals surface area contributed by atoms with Crippen LogP contribution in [0.2, 0.25) is 0 Å². The summed E-state index contributed by atoms with van der Waals surface area (Å²) >= 11 is 0. The van der Waals surface area contributed by atoms with Crippen LogP contribution in [-0.2, 0) is 4.74 Å². The Labute approximate surface area is 96.0 Å². The van der Waals surface area contributed by atoms with E-state index in [1.807, 2.05) is 0 Å². The van der Waals surface area contributed by atoms with Gasteiger partial charge in [0, 0.05) is 25.8 Å². The highest BCUT2D eigenvalue weighted by Gasteiger charge is 2.07. The van der Waals surface area contributed by atoms with Gasteiger partial charge in [-0.25, -0.2) is 0 Å². The second-order valence-electron chi connectivity index (χ2n) is 3.62. The summed E-state index contributed by atoms with van der Waals surface area (Å²) in [7, 11) is 3.27. The zero-order valence-corrected chi connectivity index (χ0v) is 9.99. The molecule has 0 bridgehead atoms. The highest BCUT2D eigenvalue weighted by atomic mass is 16.5. The molecule has 1 heterocycles. The largest absolute Gasteiger partial charge is 0.481 e. The molecule has 0 saturated carbocycles. The van der Waals surface area contributed by atoms with E-state index in [9.17, 15) is 0 Å².